The van der Waals surface area contributed by atoms with Crippen molar-refractivity contribution in [2.45, 2.75) is 0 Å². The number of furan rings is 1. The summed E-state index contributed by atoms with van der Waals surface area (Å²) in [6, 6.07) is 71.6. The van der Waals surface area contributed by atoms with Crippen molar-refractivity contribution in [1.29, 1.82) is 0 Å². The zero-order valence-corrected chi connectivity index (χ0v) is 28.4. The molecular weight excluding hydrogens is 631 g/mol. The highest BCUT2D eigenvalue weighted by molar-refractivity contribution is 6.17. The van der Waals surface area contributed by atoms with Gasteiger partial charge in [0, 0.05) is 38.7 Å². The van der Waals surface area contributed by atoms with Crippen LogP contribution in [0.4, 0.5) is 17.1 Å². The number of fused-ring (bicyclic) bond motifs is 6. The molecule has 9 aromatic carbocycles. The van der Waals surface area contributed by atoms with E-state index in [1.807, 2.05) is 0 Å². The smallest absolute Gasteiger partial charge is 0.143 e. The van der Waals surface area contributed by atoms with Gasteiger partial charge in [0.05, 0.1) is 5.69 Å². The van der Waals surface area contributed by atoms with E-state index in [4.69, 9.17) is 4.42 Å². The maximum atomic E-state index is 6.86. The van der Waals surface area contributed by atoms with Gasteiger partial charge in [-0.3, -0.25) is 0 Å². The molecule has 0 N–H and O–H groups in total. The van der Waals surface area contributed by atoms with E-state index in [0.29, 0.717) is 0 Å². The summed E-state index contributed by atoms with van der Waals surface area (Å²) in [4.78, 5) is 2.38. The highest BCUT2D eigenvalue weighted by atomic mass is 16.3. The van der Waals surface area contributed by atoms with Crippen molar-refractivity contribution in [2.75, 3.05) is 4.90 Å². The fourth-order valence-electron chi connectivity index (χ4n) is 7.69. The molecule has 244 valence electrons. The molecular formula is C50H33NO. The standard InChI is InChI=1S/C50H33NO/c1-2-12-34(13-3-1)36-26-29-41(30-27-36)51(42-18-10-17-39(33-42)40-25-24-35-14-4-5-16-38(35)32-40)48-23-9-8-20-44(48)45-21-11-22-46-47-31-28-37-15-6-7-19-43(37)49(47)52-50(45)46/h1-33H. The third-order valence-electron chi connectivity index (χ3n) is 10.2. The molecule has 10 aromatic rings. The Labute approximate surface area is 302 Å². The number of nitrogens with zero attached hydrogens (tertiary/aromatic N) is 1. The van der Waals surface area contributed by atoms with Gasteiger partial charge in [-0.2, -0.15) is 0 Å². The first-order valence-corrected chi connectivity index (χ1v) is 17.8. The fraction of sp³-hybridized carbons (Fsp3) is 0. The van der Waals surface area contributed by atoms with Gasteiger partial charge in [0.15, 0.2) is 0 Å². The molecule has 0 saturated carbocycles. The minimum atomic E-state index is 0.894. The van der Waals surface area contributed by atoms with Gasteiger partial charge in [-0.1, -0.05) is 158 Å². The van der Waals surface area contributed by atoms with E-state index in [9.17, 15) is 0 Å². The molecule has 0 radical (unpaired) electrons. The first-order chi connectivity index (χ1) is 25.8. The molecule has 0 atom stereocenters. The molecule has 2 heteroatoms. The van der Waals surface area contributed by atoms with Crippen LogP contribution in [0.25, 0.3) is 76.9 Å². The lowest BCUT2D eigenvalue weighted by Crippen LogP contribution is -2.11. The molecule has 0 aliphatic carbocycles. The Bertz CT molecular complexity index is 2900. The van der Waals surface area contributed by atoms with E-state index in [-0.39, 0.29) is 0 Å². The normalized spacial score (nSPS) is 11.5. The second kappa shape index (κ2) is 12.5. The van der Waals surface area contributed by atoms with Gasteiger partial charge in [-0.15, -0.1) is 0 Å². The van der Waals surface area contributed by atoms with Crippen molar-refractivity contribution in [3.63, 3.8) is 0 Å². The summed E-state index contributed by atoms with van der Waals surface area (Å²) in [5.74, 6) is 0. The lowest BCUT2D eigenvalue weighted by atomic mass is 9.97. The Morgan fingerprint density at radius 1 is 0.308 bits per heavy atom. The topological polar surface area (TPSA) is 16.4 Å². The zero-order chi connectivity index (χ0) is 34.4. The van der Waals surface area contributed by atoms with Gasteiger partial charge in [0.2, 0.25) is 0 Å². The Morgan fingerprint density at radius 3 is 1.79 bits per heavy atom. The van der Waals surface area contributed by atoms with E-state index >= 15 is 0 Å². The second-order valence-electron chi connectivity index (χ2n) is 13.3. The van der Waals surface area contributed by atoms with Crippen molar-refractivity contribution in [3.05, 3.63) is 200 Å². The van der Waals surface area contributed by atoms with Crippen molar-refractivity contribution in [2.24, 2.45) is 0 Å². The van der Waals surface area contributed by atoms with Gasteiger partial charge in [0.25, 0.3) is 0 Å². The van der Waals surface area contributed by atoms with E-state index in [0.717, 1.165) is 61.1 Å². The molecule has 0 aliphatic rings. The Balaban J connectivity index is 1.17. The molecule has 0 saturated heterocycles. The third kappa shape index (κ3) is 5.12. The summed E-state index contributed by atoms with van der Waals surface area (Å²) in [5.41, 5.74) is 11.9. The molecule has 1 heterocycles. The lowest BCUT2D eigenvalue weighted by molar-refractivity contribution is 0.674. The Kier molecular flexibility index (Phi) is 7.18. The number of benzene rings is 9. The number of rotatable bonds is 6. The highest BCUT2D eigenvalue weighted by Gasteiger charge is 2.21. The lowest BCUT2D eigenvalue weighted by Gasteiger charge is -2.28. The van der Waals surface area contributed by atoms with Crippen molar-refractivity contribution < 1.29 is 4.42 Å². The molecule has 0 fully saturated rings. The van der Waals surface area contributed by atoms with Crippen LogP contribution >= 0.6 is 0 Å². The summed E-state index contributed by atoms with van der Waals surface area (Å²) in [5, 5.41) is 7.02. The highest BCUT2D eigenvalue weighted by Crippen LogP contribution is 2.45. The van der Waals surface area contributed by atoms with Crippen LogP contribution in [0.15, 0.2) is 205 Å². The van der Waals surface area contributed by atoms with E-state index in [1.54, 1.807) is 0 Å². The van der Waals surface area contributed by atoms with Crippen LogP contribution in [0.3, 0.4) is 0 Å². The average Bonchev–Trinajstić information content (AvgIpc) is 3.61. The van der Waals surface area contributed by atoms with E-state index in [1.165, 1.54) is 32.8 Å². The van der Waals surface area contributed by atoms with Gasteiger partial charge < -0.3 is 9.32 Å². The molecule has 0 aliphatic heterocycles. The Morgan fingerprint density at radius 2 is 0.904 bits per heavy atom. The summed E-state index contributed by atoms with van der Waals surface area (Å²) in [6.07, 6.45) is 0. The molecule has 1 aromatic heterocycles. The first kappa shape index (κ1) is 30.0. The zero-order valence-electron chi connectivity index (χ0n) is 28.4. The maximum absolute atomic E-state index is 6.86. The number of anilines is 3. The average molecular weight is 664 g/mol. The quantitative estimate of drug-likeness (QED) is 0.176. The SMILES string of the molecule is c1ccc(-c2ccc(N(c3cccc(-c4ccc5ccccc5c4)c3)c3ccccc3-c3cccc4c3oc3c5ccccc5ccc43)cc2)cc1. The molecule has 0 unspecified atom stereocenters. The molecule has 10 rings (SSSR count). The predicted octanol–water partition coefficient (Wildman–Crippen LogP) is 14.4. The first-order valence-electron chi connectivity index (χ1n) is 17.8. The molecule has 0 amide bonds. The third-order valence-corrected chi connectivity index (χ3v) is 10.2. The van der Waals surface area contributed by atoms with Gasteiger partial charge in [-0.05, 0) is 80.9 Å². The fourth-order valence-corrected chi connectivity index (χ4v) is 7.69. The van der Waals surface area contributed by atoms with Gasteiger partial charge in [0.1, 0.15) is 11.2 Å². The van der Waals surface area contributed by atoms with Crippen LogP contribution in [-0.2, 0) is 0 Å². The number of hydrogen-bond donors (Lipinski definition) is 0. The van der Waals surface area contributed by atoms with Gasteiger partial charge >= 0.3 is 0 Å². The van der Waals surface area contributed by atoms with E-state index in [2.05, 4.69) is 205 Å². The summed E-state index contributed by atoms with van der Waals surface area (Å²) < 4.78 is 6.86. The van der Waals surface area contributed by atoms with Gasteiger partial charge in [-0.25, -0.2) is 0 Å². The number of hydrogen-bond acceptors (Lipinski definition) is 2. The number of para-hydroxylation sites is 2. The second-order valence-corrected chi connectivity index (χ2v) is 13.3. The van der Waals surface area contributed by atoms with Crippen molar-refractivity contribution in [1.82, 2.24) is 0 Å². The van der Waals surface area contributed by atoms with Crippen LogP contribution in [0.1, 0.15) is 0 Å². The Hall–Kier alpha value is -6.90. The summed E-state index contributed by atoms with van der Waals surface area (Å²) in [6.45, 7) is 0. The summed E-state index contributed by atoms with van der Waals surface area (Å²) >= 11 is 0. The van der Waals surface area contributed by atoms with Crippen molar-refractivity contribution in [3.8, 4) is 33.4 Å². The maximum Gasteiger partial charge on any atom is 0.143 e. The van der Waals surface area contributed by atoms with Crippen LogP contribution in [0.2, 0.25) is 0 Å². The minimum absolute atomic E-state index is 0.894. The van der Waals surface area contributed by atoms with E-state index < -0.39 is 0 Å². The van der Waals surface area contributed by atoms with Crippen LogP contribution in [0, 0.1) is 0 Å². The monoisotopic (exact) mass is 663 g/mol. The van der Waals surface area contributed by atoms with Crippen molar-refractivity contribution >= 4 is 60.5 Å². The largest absolute Gasteiger partial charge is 0.455 e. The summed E-state index contributed by atoms with van der Waals surface area (Å²) in [7, 11) is 0. The molecule has 52 heavy (non-hydrogen) atoms. The predicted molar refractivity (Wildman–Crippen MR) is 220 cm³/mol. The van der Waals surface area contributed by atoms with Crippen LogP contribution < -0.4 is 4.90 Å². The minimum Gasteiger partial charge on any atom is -0.455 e. The molecule has 2 nitrogen and oxygen atoms in total. The molecule has 0 spiro atoms. The van der Waals surface area contributed by atoms with Crippen LogP contribution in [-0.4, -0.2) is 0 Å². The molecule has 0 bridgehead atoms. The van der Waals surface area contributed by atoms with Crippen LogP contribution in [0.5, 0.6) is 0 Å².